The second kappa shape index (κ2) is 11.6. The van der Waals surface area contributed by atoms with Gasteiger partial charge in [0.05, 0.1) is 10.6 Å². The molecule has 0 spiro atoms. The van der Waals surface area contributed by atoms with Crippen LogP contribution in [0.25, 0.3) is 0 Å². The van der Waals surface area contributed by atoms with Crippen LogP contribution in [0.3, 0.4) is 0 Å². The zero-order valence-corrected chi connectivity index (χ0v) is 19.8. The van der Waals surface area contributed by atoms with E-state index in [0.717, 1.165) is 17.7 Å². The first-order chi connectivity index (χ1) is 15.0. The fourth-order valence-electron chi connectivity index (χ4n) is 3.77. The highest BCUT2D eigenvalue weighted by atomic mass is 32.2. The fraction of sp³-hybridized carbons (Fsp3) is 0.458. The topological polar surface area (TPSA) is 66.5 Å². The molecule has 0 atom stereocenters. The average molecular weight is 461 g/mol. The Morgan fingerprint density at radius 1 is 1.03 bits per heavy atom. The van der Waals surface area contributed by atoms with Crippen molar-refractivity contribution in [1.29, 1.82) is 0 Å². The molecule has 5 nitrogen and oxygen atoms in total. The van der Waals surface area contributed by atoms with E-state index in [1.165, 1.54) is 36.4 Å². The number of sulfonamides is 1. The molecule has 1 N–H and O–H groups in total. The van der Waals surface area contributed by atoms with Crippen molar-refractivity contribution >= 4 is 33.4 Å². The molecule has 3 rings (SSSR count). The zero-order valence-electron chi connectivity index (χ0n) is 18.1. The Morgan fingerprint density at radius 3 is 2.35 bits per heavy atom. The van der Waals surface area contributed by atoms with Gasteiger partial charge in [0.15, 0.2) is 0 Å². The van der Waals surface area contributed by atoms with E-state index in [1.54, 1.807) is 42.5 Å². The van der Waals surface area contributed by atoms with Gasteiger partial charge in [-0.15, -0.1) is 0 Å². The van der Waals surface area contributed by atoms with E-state index in [2.05, 4.69) is 5.32 Å². The highest BCUT2D eigenvalue weighted by Crippen LogP contribution is 2.28. The summed E-state index contributed by atoms with van der Waals surface area (Å²) in [6.07, 6.45) is 7.31. The summed E-state index contributed by atoms with van der Waals surface area (Å²) in [7, 11) is -3.85. The number of benzene rings is 2. The molecule has 0 unspecified atom stereocenters. The molecule has 0 heterocycles. The number of carbonyl (C=O) groups excluding carboxylic acids is 1. The summed E-state index contributed by atoms with van der Waals surface area (Å²) >= 11 is 1.91. The molecule has 1 saturated carbocycles. The standard InChI is InChI=1S/C24H32N2O3S2/c1-2-20-13-15-21(16-14-20)26(31(28,29)23-11-7-4-8-12-23)19-24(27)25-17-18-30-22-9-5-3-6-10-22/h4,7-8,11-16,22H,2-3,5-6,9-10,17-19H2,1H3,(H,25,27). The lowest BCUT2D eigenvalue weighted by atomic mass is 10.0. The predicted molar refractivity (Wildman–Crippen MR) is 129 cm³/mol. The monoisotopic (exact) mass is 460 g/mol. The summed E-state index contributed by atoms with van der Waals surface area (Å²) in [6, 6.07) is 15.6. The van der Waals surface area contributed by atoms with E-state index >= 15 is 0 Å². The summed E-state index contributed by atoms with van der Waals surface area (Å²) in [4.78, 5) is 12.8. The van der Waals surface area contributed by atoms with E-state index in [-0.39, 0.29) is 17.3 Å². The van der Waals surface area contributed by atoms with Gasteiger partial charge in [0.25, 0.3) is 10.0 Å². The maximum absolute atomic E-state index is 13.3. The average Bonchev–Trinajstić information content (AvgIpc) is 2.81. The van der Waals surface area contributed by atoms with Gasteiger partial charge in [0.2, 0.25) is 5.91 Å². The molecule has 2 aromatic carbocycles. The van der Waals surface area contributed by atoms with Gasteiger partial charge in [0, 0.05) is 17.5 Å². The number of rotatable bonds is 10. The van der Waals surface area contributed by atoms with Crippen molar-refractivity contribution in [2.75, 3.05) is 23.1 Å². The van der Waals surface area contributed by atoms with Crippen molar-refractivity contribution in [3.63, 3.8) is 0 Å². The first kappa shape index (κ1) is 23.7. The molecular weight excluding hydrogens is 428 g/mol. The molecule has 1 fully saturated rings. The Hall–Kier alpha value is -1.99. The third-order valence-electron chi connectivity index (χ3n) is 5.58. The van der Waals surface area contributed by atoms with Gasteiger partial charge < -0.3 is 5.32 Å². The van der Waals surface area contributed by atoms with Gasteiger partial charge in [-0.2, -0.15) is 11.8 Å². The SMILES string of the molecule is CCc1ccc(N(CC(=O)NCCSC2CCCCC2)S(=O)(=O)c2ccccc2)cc1. The van der Waals surface area contributed by atoms with Gasteiger partial charge in [-0.3, -0.25) is 9.10 Å². The fourth-order valence-corrected chi connectivity index (χ4v) is 6.43. The third-order valence-corrected chi connectivity index (χ3v) is 8.75. The number of aryl methyl sites for hydroxylation is 1. The minimum absolute atomic E-state index is 0.176. The van der Waals surface area contributed by atoms with Crippen LogP contribution in [0.5, 0.6) is 0 Å². The van der Waals surface area contributed by atoms with Gasteiger partial charge >= 0.3 is 0 Å². The number of amides is 1. The molecule has 31 heavy (non-hydrogen) atoms. The van der Waals surface area contributed by atoms with Gasteiger partial charge in [-0.25, -0.2) is 8.42 Å². The maximum Gasteiger partial charge on any atom is 0.264 e. The van der Waals surface area contributed by atoms with Gasteiger partial charge in [0.1, 0.15) is 6.54 Å². The molecule has 0 aliphatic heterocycles. The van der Waals surface area contributed by atoms with Gasteiger partial charge in [-0.05, 0) is 49.1 Å². The van der Waals surface area contributed by atoms with Crippen molar-refractivity contribution < 1.29 is 13.2 Å². The minimum atomic E-state index is -3.85. The number of anilines is 1. The number of nitrogens with zero attached hydrogens (tertiary/aromatic N) is 1. The van der Waals surface area contributed by atoms with E-state index in [0.29, 0.717) is 17.5 Å². The van der Waals surface area contributed by atoms with Crippen molar-refractivity contribution in [2.24, 2.45) is 0 Å². The van der Waals surface area contributed by atoms with Gasteiger partial charge in [-0.1, -0.05) is 56.5 Å². The molecule has 0 radical (unpaired) electrons. The third kappa shape index (κ3) is 6.74. The Morgan fingerprint density at radius 2 is 1.71 bits per heavy atom. The van der Waals surface area contributed by atoms with Crippen LogP contribution in [-0.2, 0) is 21.2 Å². The molecular formula is C24H32N2O3S2. The Labute approximate surface area is 190 Å². The molecule has 1 aliphatic carbocycles. The Bertz CT molecular complexity index is 925. The first-order valence-corrected chi connectivity index (χ1v) is 13.5. The largest absolute Gasteiger partial charge is 0.354 e. The van der Waals surface area contributed by atoms with E-state index in [4.69, 9.17) is 0 Å². The molecule has 0 bridgehead atoms. The van der Waals surface area contributed by atoms with Crippen molar-refractivity contribution in [1.82, 2.24) is 5.32 Å². The van der Waals surface area contributed by atoms with E-state index in [9.17, 15) is 13.2 Å². The lowest BCUT2D eigenvalue weighted by Gasteiger charge is -2.24. The van der Waals surface area contributed by atoms with Crippen molar-refractivity contribution in [2.45, 2.75) is 55.6 Å². The van der Waals surface area contributed by atoms with E-state index < -0.39 is 10.0 Å². The van der Waals surface area contributed by atoms with E-state index in [1.807, 2.05) is 30.8 Å². The van der Waals surface area contributed by atoms with Crippen LogP contribution in [0.2, 0.25) is 0 Å². The second-order valence-corrected chi connectivity index (χ2v) is 11.1. The highest BCUT2D eigenvalue weighted by Gasteiger charge is 2.27. The number of hydrogen-bond donors (Lipinski definition) is 1. The van der Waals surface area contributed by atoms with Crippen molar-refractivity contribution in [3.05, 3.63) is 60.2 Å². The van der Waals surface area contributed by atoms with Crippen LogP contribution in [0.15, 0.2) is 59.5 Å². The lowest BCUT2D eigenvalue weighted by Crippen LogP contribution is -2.41. The summed E-state index contributed by atoms with van der Waals surface area (Å²) in [5.41, 5.74) is 1.61. The van der Waals surface area contributed by atoms with Crippen LogP contribution >= 0.6 is 11.8 Å². The number of thioether (sulfide) groups is 1. The molecule has 7 heteroatoms. The molecule has 0 aromatic heterocycles. The predicted octanol–water partition coefficient (Wildman–Crippen LogP) is 4.63. The number of nitrogens with one attached hydrogen (secondary N) is 1. The van der Waals surface area contributed by atoms with Crippen LogP contribution in [-0.4, -0.2) is 38.4 Å². The zero-order chi connectivity index (χ0) is 22.1. The van der Waals surface area contributed by atoms with Crippen molar-refractivity contribution in [3.8, 4) is 0 Å². The quantitative estimate of drug-likeness (QED) is 0.525. The molecule has 168 valence electrons. The molecule has 0 saturated heterocycles. The lowest BCUT2D eigenvalue weighted by molar-refractivity contribution is -0.119. The first-order valence-electron chi connectivity index (χ1n) is 11.1. The summed E-state index contributed by atoms with van der Waals surface area (Å²) < 4.78 is 27.8. The van der Waals surface area contributed by atoms with Crippen LogP contribution in [0.1, 0.15) is 44.6 Å². The smallest absolute Gasteiger partial charge is 0.264 e. The Kier molecular flexibility index (Phi) is 8.84. The summed E-state index contributed by atoms with van der Waals surface area (Å²) in [5, 5.41) is 3.60. The maximum atomic E-state index is 13.3. The Balaban J connectivity index is 1.66. The summed E-state index contributed by atoms with van der Waals surface area (Å²) in [6.45, 7) is 2.36. The van der Waals surface area contributed by atoms with Crippen LogP contribution in [0.4, 0.5) is 5.69 Å². The number of hydrogen-bond acceptors (Lipinski definition) is 4. The number of carbonyl (C=O) groups is 1. The highest BCUT2D eigenvalue weighted by molar-refractivity contribution is 7.99. The van der Waals surface area contributed by atoms with Crippen LogP contribution < -0.4 is 9.62 Å². The molecule has 1 aliphatic rings. The summed E-state index contributed by atoms with van der Waals surface area (Å²) in [5.74, 6) is 0.566. The minimum Gasteiger partial charge on any atom is -0.354 e. The second-order valence-electron chi connectivity index (χ2n) is 7.83. The molecule has 1 amide bonds. The van der Waals surface area contributed by atoms with Crippen LogP contribution in [0, 0.1) is 0 Å². The normalized spacial score (nSPS) is 14.9. The molecule has 2 aromatic rings.